The number of likely N-dealkylation sites (N-methyl/N-ethyl adjacent to an activating group) is 1. The van der Waals surface area contributed by atoms with Crippen LogP contribution in [0.4, 0.5) is 11.4 Å². The van der Waals surface area contributed by atoms with Crippen molar-refractivity contribution < 1.29 is 4.79 Å². The summed E-state index contributed by atoms with van der Waals surface area (Å²) in [6.45, 7) is 2.97. The fourth-order valence-electron chi connectivity index (χ4n) is 2.77. The van der Waals surface area contributed by atoms with Crippen molar-refractivity contribution in [1.82, 2.24) is 4.90 Å². The molecule has 1 fully saturated rings. The Morgan fingerprint density at radius 1 is 1.35 bits per heavy atom. The van der Waals surface area contributed by atoms with Crippen LogP contribution in [0.5, 0.6) is 0 Å². The summed E-state index contributed by atoms with van der Waals surface area (Å²) in [6, 6.07) is 7.13. The third-order valence-corrected chi connectivity index (χ3v) is 4.24. The molecule has 1 aliphatic carbocycles. The molecule has 4 nitrogen and oxygen atoms in total. The Morgan fingerprint density at radius 2 is 1.95 bits per heavy atom. The van der Waals surface area contributed by atoms with Crippen LogP contribution in [0.3, 0.4) is 0 Å². The van der Waals surface area contributed by atoms with Crippen molar-refractivity contribution in [3.05, 3.63) is 24.3 Å². The highest BCUT2D eigenvalue weighted by molar-refractivity contribution is 5.94. The molecule has 0 aromatic heterocycles. The molecule has 4 heteroatoms. The molecule has 1 aliphatic rings. The monoisotopic (exact) mass is 275 g/mol. The van der Waals surface area contributed by atoms with Gasteiger partial charge in [-0.15, -0.1) is 0 Å². The van der Waals surface area contributed by atoms with Gasteiger partial charge in [0.2, 0.25) is 5.91 Å². The Hall–Kier alpha value is -1.55. The zero-order chi connectivity index (χ0) is 14.5. The summed E-state index contributed by atoms with van der Waals surface area (Å²) in [5.74, 6) is 0.794. The Morgan fingerprint density at radius 3 is 2.55 bits per heavy atom. The first-order valence-corrected chi connectivity index (χ1v) is 7.43. The molecular formula is C16H25N3O. The minimum atomic E-state index is -0.117. The molecule has 1 aromatic carbocycles. The number of nitrogen functional groups attached to an aromatic ring is 1. The molecule has 0 radical (unpaired) electrons. The average molecular weight is 275 g/mol. The first-order chi connectivity index (χ1) is 9.56. The first kappa shape index (κ1) is 14.9. The molecule has 2 rings (SSSR count). The molecule has 1 amide bonds. The molecule has 1 atom stereocenters. The van der Waals surface area contributed by atoms with Gasteiger partial charge in [-0.05, 0) is 57.0 Å². The number of anilines is 2. The molecule has 1 aromatic rings. The Balaban J connectivity index is 1.85. The summed E-state index contributed by atoms with van der Waals surface area (Å²) in [4.78, 5) is 14.4. The molecule has 0 aliphatic heterocycles. The third kappa shape index (κ3) is 3.97. The minimum absolute atomic E-state index is 0.0373. The van der Waals surface area contributed by atoms with Crippen LogP contribution in [-0.4, -0.2) is 30.4 Å². The normalized spacial score (nSPS) is 17.4. The fraction of sp³-hybridized carbons (Fsp3) is 0.562. The van der Waals surface area contributed by atoms with Gasteiger partial charge < -0.3 is 11.1 Å². The zero-order valence-electron chi connectivity index (χ0n) is 12.4. The molecule has 20 heavy (non-hydrogen) atoms. The molecule has 3 N–H and O–H groups in total. The van der Waals surface area contributed by atoms with Gasteiger partial charge in [0.05, 0.1) is 6.04 Å². The quantitative estimate of drug-likeness (QED) is 0.812. The van der Waals surface area contributed by atoms with Gasteiger partial charge in [-0.2, -0.15) is 0 Å². The number of nitrogens with zero attached hydrogens (tertiary/aromatic N) is 1. The average Bonchev–Trinajstić information content (AvgIpc) is 2.93. The fourth-order valence-corrected chi connectivity index (χ4v) is 2.77. The number of nitrogens with two attached hydrogens (primary N) is 1. The molecule has 110 valence electrons. The summed E-state index contributed by atoms with van der Waals surface area (Å²) >= 11 is 0. The van der Waals surface area contributed by atoms with Gasteiger partial charge in [0, 0.05) is 17.9 Å². The van der Waals surface area contributed by atoms with E-state index in [1.54, 1.807) is 12.1 Å². The molecule has 0 heterocycles. The van der Waals surface area contributed by atoms with Gasteiger partial charge >= 0.3 is 0 Å². The lowest BCUT2D eigenvalue weighted by Gasteiger charge is -2.26. The lowest BCUT2D eigenvalue weighted by molar-refractivity contribution is -0.120. The van der Waals surface area contributed by atoms with E-state index in [1.165, 1.54) is 25.7 Å². The van der Waals surface area contributed by atoms with Gasteiger partial charge in [-0.3, -0.25) is 9.69 Å². The molecular weight excluding hydrogens is 250 g/mol. The lowest BCUT2D eigenvalue weighted by atomic mass is 10.1. The summed E-state index contributed by atoms with van der Waals surface area (Å²) < 4.78 is 0. The Bertz CT molecular complexity index is 438. The molecule has 0 bridgehead atoms. The number of hydrogen-bond acceptors (Lipinski definition) is 3. The maximum atomic E-state index is 12.2. The van der Waals surface area contributed by atoms with Crippen LogP contribution in [0.15, 0.2) is 24.3 Å². The standard InChI is InChI=1S/C16H25N3O/c1-12(19(2)11-13-5-3-4-6-13)16(20)18-15-9-7-14(17)8-10-15/h7-10,12-13H,3-6,11,17H2,1-2H3,(H,18,20). The van der Waals surface area contributed by atoms with Crippen LogP contribution in [-0.2, 0) is 4.79 Å². The first-order valence-electron chi connectivity index (χ1n) is 7.43. The second kappa shape index (κ2) is 6.75. The SMILES string of the molecule is CC(C(=O)Nc1ccc(N)cc1)N(C)CC1CCCC1. The topological polar surface area (TPSA) is 58.4 Å². The van der Waals surface area contributed by atoms with Crippen molar-refractivity contribution >= 4 is 17.3 Å². The number of rotatable bonds is 5. The smallest absolute Gasteiger partial charge is 0.241 e. The van der Waals surface area contributed by atoms with Crippen LogP contribution in [0.2, 0.25) is 0 Å². The summed E-state index contributed by atoms with van der Waals surface area (Å²) in [6.07, 6.45) is 5.28. The van der Waals surface area contributed by atoms with Crippen molar-refractivity contribution in [3.8, 4) is 0 Å². The number of benzene rings is 1. The van der Waals surface area contributed by atoms with E-state index in [0.717, 1.165) is 18.2 Å². The molecule has 0 spiro atoms. The van der Waals surface area contributed by atoms with Crippen molar-refractivity contribution in [3.63, 3.8) is 0 Å². The summed E-state index contributed by atoms with van der Waals surface area (Å²) in [7, 11) is 2.03. The second-order valence-electron chi connectivity index (χ2n) is 5.88. The largest absolute Gasteiger partial charge is 0.399 e. The number of carbonyl (C=O) groups excluding carboxylic acids is 1. The predicted octanol–water partition coefficient (Wildman–Crippen LogP) is 2.72. The Labute approximate surface area is 121 Å². The maximum Gasteiger partial charge on any atom is 0.241 e. The molecule has 0 saturated heterocycles. The summed E-state index contributed by atoms with van der Waals surface area (Å²) in [5.41, 5.74) is 7.14. The molecule has 1 unspecified atom stereocenters. The third-order valence-electron chi connectivity index (χ3n) is 4.24. The van der Waals surface area contributed by atoms with Crippen LogP contribution in [0.1, 0.15) is 32.6 Å². The summed E-state index contributed by atoms with van der Waals surface area (Å²) in [5, 5.41) is 2.94. The van der Waals surface area contributed by atoms with Crippen LogP contribution >= 0.6 is 0 Å². The highest BCUT2D eigenvalue weighted by Crippen LogP contribution is 2.25. The van der Waals surface area contributed by atoms with Gasteiger partial charge in [0.1, 0.15) is 0 Å². The van der Waals surface area contributed by atoms with Gasteiger partial charge in [0.25, 0.3) is 0 Å². The number of nitrogens with one attached hydrogen (secondary N) is 1. The second-order valence-corrected chi connectivity index (χ2v) is 5.88. The van der Waals surface area contributed by atoms with E-state index in [1.807, 2.05) is 26.1 Å². The highest BCUT2D eigenvalue weighted by Gasteiger charge is 2.23. The van der Waals surface area contributed by atoms with E-state index in [2.05, 4.69) is 10.2 Å². The van der Waals surface area contributed by atoms with Gasteiger partial charge in [0.15, 0.2) is 0 Å². The van der Waals surface area contributed by atoms with Crippen LogP contribution in [0.25, 0.3) is 0 Å². The van der Waals surface area contributed by atoms with E-state index in [0.29, 0.717) is 5.69 Å². The minimum Gasteiger partial charge on any atom is -0.399 e. The van der Waals surface area contributed by atoms with Crippen molar-refractivity contribution in [2.24, 2.45) is 5.92 Å². The van der Waals surface area contributed by atoms with E-state index in [4.69, 9.17) is 5.73 Å². The zero-order valence-corrected chi connectivity index (χ0v) is 12.4. The van der Waals surface area contributed by atoms with Crippen molar-refractivity contribution in [2.45, 2.75) is 38.6 Å². The van der Waals surface area contributed by atoms with Crippen LogP contribution < -0.4 is 11.1 Å². The van der Waals surface area contributed by atoms with E-state index < -0.39 is 0 Å². The van der Waals surface area contributed by atoms with Crippen molar-refractivity contribution in [1.29, 1.82) is 0 Å². The van der Waals surface area contributed by atoms with E-state index in [-0.39, 0.29) is 11.9 Å². The van der Waals surface area contributed by atoms with Crippen molar-refractivity contribution in [2.75, 3.05) is 24.6 Å². The number of amides is 1. The van der Waals surface area contributed by atoms with Crippen LogP contribution in [0, 0.1) is 5.92 Å². The predicted molar refractivity (Wildman–Crippen MR) is 83.5 cm³/mol. The maximum absolute atomic E-state index is 12.2. The highest BCUT2D eigenvalue weighted by atomic mass is 16.2. The Kier molecular flexibility index (Phi) is 5.01. The molecule has 1 saturated carbocycles. The number of carbonyl (C=O) groups is 1. The number of hydrogen-bond donors (Lipinski definition) is 2. The lowest BCUT2D eigenvalue weighted by Crippen LogP contribution is -2.41. The van der Waals surface area contributed by atoms with Gasteiger partial charge in [-0.1, -0.05) is 12.8 Å². The van der Waals surface area contributed by atoms with E-state index in [9.17, 15) is 4.79 Å². The van der Waals surface area contributed by atoms with Gasteiger partial charge in [-0.25, -0.2) is 0 Å². The van der Waals surface area contributed by atoms with E-state index >= 15 is 0 Å².